The van der Waals surface area contributed by atoms with Crippen LogP contribution in [0.2, 0.25) is 0 Å². The fraction of sp³-hybridized carbons (Fsp3) is 0.538. The maximum atomic E-state index is 12.2. The molecule has 0 aromatic carbocycles. The molecule has 0 bridgehead atoms. The molecule has 1 aliphatic heterocycles. The van der Waals surface area contributed by atoms with Crippen LogP contribution in [0.4, 0.5) is 0 Å². The predicted molar refractivity (Wildman–Crippen MR) is 68.9 cm³/mol. The van der Waals surface area contributed by atoms with E-state index in [9.17, 15) is 19.2 Å². The summed E-state index contributed by atoms with van der Waals surface area (Å²) in [6.07, 6.45) is 2.19. The summed E-state index contributed by atoms with van der Waals surface area (Å²) < 4.78 is 14.2. The van der Waals surface area contributed by atoms with Gasteiger partial charge in [-0.15, -0.1) is 0 Å². The number of cyclic esters (lactones) is 1. The minimum absolute atomic E-state index is 0.0184. The molecular weight excluding hydrogens is 282 g/mol. The molecule has 0 radical (unpaired) electrons. The predicted octanol–water partition coefficient (Wildman–Crippen LogP) is -0.529. The van der Waals surface area contributed by atoms with Gasteiger partial charge in [0.1, 0.15) is 6.54 Å². The molecule has 21 heavy (non-hydrogen) atoms. The fourth-order valence-corrected chi connectivity index (χ4v) is 1.77. The Labute approximate surface area is 121 Å². The molecule has 1 rings (SSSR count). The lowest BCUT2D eigenvalue weighted by Gasteiger charge is -2.31. The van der Waals surface area contributed by atoms with Crippen molar-refractivity contribution in [1.82, 2.24) is 5.32 Å². The number of rotatable bonds is 6. The second-order valence-electron chi connectivity index (χ2n) is 4.26. The van der Waals surface area contributed by atoms with Crippen molar-refractivity contribution in [3.8, 4) is 0 Å². The van der Waals surface area contributed by atoms with Crippen molar-refractivity contribution < 1.29 is 33.4 Å². The van der Waals surface area contributed by atoms with Crippen LogP contribution in [0, 0.1) is 0 Å². The molecule has 116 valence electrons. The summed E-state index contributed by atoms with van der Waals surface area (Å²) in [6.45, 7) is 1.37. The van der Waals surface area contributed by atoms with Gasteiger partial charge in [-0.25, -0.2) is 4.79 Å². The highest BCUT2D eigenvalue weighted by atomic mass is 16.6. The first-order chi connectivity index (χ1) is 9.93. The summed E-state index contributed by atoms with van der Waals surface area (Å²) in [5.74, 6) is -2.82. The smallest absolute Gasteiger partial charge is 0.331 e. The van der Waals surface area contributed by atoms with Crippen molar-refractivity contribution >= 4 is 23.8 Å². The largest absolute Gasteiger partial charge is 0.468 e. The number of methoxy groups -OCH3 is 1. The lowest BCUT2D eigenvalue weighted by atomic mass is 9.92. The normalized spacial score (nSPS) is 20.4. The molecule has 0 saturated heterocycles. The van der Waals surface area contributed by atoms with E-state index in [1.807, 2.05) is 0 Å². The number of carbonyl (C=O) groups is 4. The summed E-state index contributed by atoms with van der Waals surface area (Å²) in [5, 5.41) is 2.28. The van der Waals surface area contributed by atoms with Gasteiger partial charge in [0.05, 0.1) is 20.1 Å². The van der Waals surface area contributed by atoms with Crippen LogP contribution in [0.15, 0.2) is 12.2 Å². The minimum Gasteiger partial charge on any atom is -0.468 e. The average Bonchev–Trinajstić information content (AvgIpc) is 2.44. The third kappa shape index (κ3) is 4.59. The zero-order valence-corrected chi connectivity index (χ0v) is 11.8. The van der Waals surface area contributed by atoms with Crippen molar-refractivity contribution in [2.75, 3.05) is 20.3 Å². The van der Waals surface area contributed by atoms with E-state index < -0.39 is 35.8 Å². The zero-order chi connectivity index (χ0) is 15.9. The first-order valence-corrected chi connectivity index (χ1v) is 6.34. The number of hydrogen-bond acceptors (Lipinski definition) is 7. The van der Waals surface area contributed by atoms with Gasteiger partial charge in [0.15, 0.2) is 0 Å². The molecule has 1 N–H and O–H groups in total. The summed E-state index contributed by atoms with van der Waals surface area (Å²) in [7, 11) is 1.17. The number of amides is 1. The van der Waals surface area contributed by atoms with Crippen LogP contribution in [-0.2, 0) is 33.4 Å². The van der Waals surface area contributed by atoms with Crippen molar-refractivity contribution in [2.45, 2.75) is 25.4 Å². The highest BCUT2D eigenvalue weighted by Gasteiger charge is 2.45. The molecule has 1 amide bonds. The van der Waals surface area contributed by atoms with E-state index in [-0.39, 0.29) is 19.6 Å². The van der Waals surface area contributed by atoms with E-state index in [0.717, 1.165) is 6.08 Å². The van der Waals surface area contributed by atoms with E-state index >= 15 is 0 Å². The lowest BCUT2D eigenvalue weighted by molar-refractivity contribution is -0.172. The Morgan fingerprint density at radius 2 is 2.10 bits per heavy atom. The van der Waals surface area contributed by atoms with Gasteiger partial charge in [-0.3, -0.25) is 14.4 Å². The summed E-state index contributed by atoms with van der Waals surface area (Å²) >= 11 is 0. The maximum absolute atomic E-state index is 12.2. The van der Waals surface area contributed by atoms with E-state index in [0.29, 0.717) is 0 Å². The van der Waals surface area contributed by atoms with Gasteiger partial charge in [0, 0.05) is 12.5 Å². The van der Waals surface area contributed by atoms with Gasteiger partial charge in [0.25, 0.3) is 5.91 Å². The van der Waals surface area contributed by atoms with Crippen LogP contribution in [0.25, 0.3) is 0 Å². The van der Waals surface area contributed by atoms with Crippen LogP contribution in [0.1, 0.15) is 19.8 Å². The standard InChI is InChI=1S/C13H17NO7/c1-3-20-10(16)7-13(6-4-5-9(15)21-13)12(18)14-8-11(17)19-2/h4-5H,3,6-8H2,1-2H3,(H,14,18). The lowest BCUT2D eigenvalue weighted by Crippen LogP contribution is -2.53. The summed E-state index contributed by atoms with van der Waals surface area (Å²) in [4.78, 5) is 46.2. The molecule has 0 spiro atoms. The first-order valence-electron chi connectivity index (χ1n) is 6.34. The Kier molecular flexibility index (Phi) is 5.89. The van der Waals surface area contributed by atoms with Crippen LogP contribution >= 0.6 is 0 Å². The van der Waals surface area contributed by atoms with Crippen LogP contribution in [0.5, 0.6) is 0 Å². The molecular formula is C13H17NO7. The Morgan fingerprint density at radius 3 is 2.67 bits per heavy atom. The molecule has 0 aromatic rings. The molecule has 1 heterocycles. The SMILES string of the molecule is CCOC(=O)CC1(C(=O)NCC(=O)OC)CC=CC(=O)O1. The molecule has 8 nitrogen and oxygen atoms in total. The molecule has 0 fully saturated rings. The Morgan fingerprint density at radius 1 is 1.38 bits per heavy atom. The van der Waals surface area contributed by atoms with E-state index in [4.69, 9.17) is 9.47 Å². The van der Waals surface area contributed by atoms with E-state index in [1.54, 1.807) is 6.92 Å². The molecule has 0 aromatic heterocycles. The highest BCUT2D eigenvalue weighted by molar-refractivity contribution is 5.96. The first kappa shape index (κ1) is 16.7. The molecule has 0 aliphatic carbocycles. The monoisotopic (exact) mass is 299 g/mol. The summed E-state index contributed by atoms with van der Waals surface area (Å²) in [5.41, 5.74) is -1.70. The minimum atomic E-state index is -1.70. The van der Waals surface area contributed by atoms with Crippen LogP contribution in [-0.4, -0.2) is 49.7 Å². The third-order valence-corrected chi connectivity index (χ3v) is 2.77. The quantitative estimate of drug-likeness (QED) is 0.519. The molecule has 1 aliphatic rings. The summed E-state index contributed by atoms with van der Waals surface area (Å²) in [6, 6.07) is 0. The van der Waals surface area contributed by atoms with Gasteiger partial charge in [0.2, 0.25) is 5.60 Å². The van der Waals surface area contributed by atoms with E-state index in [1.165, 1.54) is 13.2 Å². The molecule has 8 heteroatoms. The topological polar surface area (TPSA) is 108 Å². The molecule has 0 saturated carbocycles. The van der Waals surface area contributed by atoms with Gasteiger partial charge in [-0.1, -0.05) is 6.08 Å². The van der Waals surface area contributed by atoms with Crippen LogP contribution < -0.4 is 5.32 Å². The zero-order valence-electron chi connectivity index (χ0n) is 11.8. The van der Waals surface area contributed by atoms with Crippen LogP contribution in [0.3, 0.4) is 0 Å². The molecule has 1 atom stereocenters. The van der Waals surface area contributed by atoms with Gasteiger partial charge < -0.3 is 19.5 Å². The molecule has 1 unspecified atom stereocenters. The number of esters is 3. The van der Waals surface area contributed by atoms with Gasteiger partial charge >= 0.3 is 17.9 Å². The Balaban J connectivity index is 2.83. The second-order valence-corrected chi connectivity index (χ2v) is 4.26. The van der Waals surface area contributed by atoms with Crippen molar-refractivity contribution in [1.29, 1.82) is 0 Å². The number of ether oxygens (including phenoxy) is 3. The highest BCUT2D eigenvalue weighted by Crippen LogP contribution is 2.26. The van der Waals surface area contributed by atoms with Crippen molar-refractivity contribution in [2.24, 2.45) is 0 Å². The number of carbonyl (C=O) groups excluding carboxylic acids is 4. The van der Waals surface area contributed by atoms with Crippen molar-refractivity contribution in [3.63, 3.8) is 0 Å². The second kappa shape index (κ2) is 7.41. The Bertz CT molecular complexity index is 471. The number of nitrogens with one attached hydrogen (secondary N) is 1. The third-order valence-electron chi connectivity index (χ3n) is 2.77. The van der Waals surface area contributed by atoms with Gasteiger partial charge in [-0.2, -0.15) is 0 Å². The van der Waals surface area contributed by atoms with Crippen molar-refractivity contribution in [3.05, 3.63) is 12.2 Å². The Hall–Kier alpha value is -2.38. The maximum Gasteiger partial charge on any atom is 0.331 e. The number of hydrogen-bond donors (Lipinski definition) is 1. The van der Waals surface area contributed by atoms with Gasteiger partial charge in [-0.05, 0) is 6.92 Å². The fourth-order valence-electron chi connectivity index (χ4n) is 1.77. The average molecular weight is 299 g/mol. The van der Waals surface area contributed by atoms with E-state index in [2.05, 4.69) is 10.1 Å².